The summed E-state index contributed by atoms with van der Waals surface area (Å²) in [6.45, 7) is 3.34. The molecule has 0 saturated heterocycles. The van der Waals surface area contributed by atoms with Gasteiger partial charge < -0.3 is 4.74 Å². The summed E-state index contributed by atoms with van der Waals surface area (Å²) in [6, 6.07) is 1.01. The van der Waals surface area contributed by atoms with E-state index in [1.807, 2.05) is 0 Å². The number of aryl methyl sites for hydroxylation is 1. The Morgan fingerprint density at radius 1 is 1.00 bits per heavy atom. The first-order valence-electron chi connectivity index (χ1n) is 6.30. The fourth-order valence-corrected chi connectivity index (χ4v) is 1.48. The van der Waals surface area contributed by atoms with Crippen molar-refractivity contribution in [3.63, 3.8) is 0 Å². The van der Waals surface area contributed by atoms with E-state index in [1.54, 1.807) is 6.92 Å². The molecule has 2 heterocycles. The highest BCUT2D eigenvalue weighted by molar-refractivity contribution is 5.57. The summed E-state index contributed by atoms with van der Waals surface area (Å²) >= 11 is 0. The lowest BCUT2D eigenvalue weighted by molar-refractivity contribution is -0.235. The lowest BCUT2D eigenvalue weighted by atomic mass is 10.1. The average Bonchev–Trinajstić information content (AvgIpc) is 2.40. The monoisotopic (exact) mass is 315 g/mol. The number of halogens is 4. The number of rotatable bonds is 3. The van der Waals surface area contributed by atoms with E-state index >= 15 is 0 Å². The molecule has 0 unspecified atom stereocenters. The molecule has 2 aromatic heterocycles. The lowest BCUT2D eigenvalue weighted by Crippen LogP contribution is -2.45. The van der Waals surface area contributed by atoms with E-state index in [1.165, 1.54) is 18.6 Å². The van der Waals surface area contributed by atoms with E-state index in [4.69, 9.17) is 0 Å². The molecule has 0 spiro atoms. The van der Waals surface area contributed by atoms with Crippen molar-refractivity contribution < 1.29 is 22.3 Å². The third-order valence-electron chi connectivity index (χ3n) is 2.92. The maximum Gasteiger partial charge on any atom is 0.427 e. The van der Waals surface area contributed by atoms with Gasteiger partial charge in [-0.1, -0.05) is 0 Å². The average molecular weight is 315 g/mol. The molecular weight excluding hydrogens is 302 g/mol. The third kappa shape index (κ3) is 3.32. The van der Waals surface area contributed by atoms with Crippen LogP contribution in [0, 0.1) is 12.7 Å². The van der Waals surface area contributed by atoms with Crippen molar-refractivity contribution in [1.29, 1.82) is 0 Å². The van der Waals surface area contributed by atoms with E-state index in [0.29, 0.717) is 17.0 Å². The van der Waals surface area contributed by atoms with Crippen LogP contribution in [-0.4, -0.2) is 26.7 Å². The molecule has 0 radical (unpaired) electrons. The minimum absolute atomic E-state index is 0.294. The van der Waals surface area contributed by atoms with E-state index < -0.39 is 23.5 Å². The summed E-state index contributed by atoms with van der Waals surface area (Å²) in [5.74, 6) is -1.72. The zero-order chi connectivity index (χ0) is 16.5. The zero-order valence-electron chi connectivity index (χ0n) is 12.1. The standard InChI is InChI=1S/C14H13F4N3O/c1-8-5-20-11(7-19-8)9-4-10(15)12(21-6-9)22-13(2,3)14(16,17)18/h4-7H,1-3H3. The molecule has 0 fully saturated rings. The van der Waals surface area contributed by atoms with Crippen LogP contribution in [0.4, 0.5) is 17.6 Å². The number of pyridine rings is 1. The van der Waals surface area contributed by atoms with Crippen LogP contribution < -0.4 is 4.74 Å². The van der Waals surface area contributed by atoms with Gasteiger partial charge in [0.05, 0.1) is 17.6 Å². The molecule has 0 aromatic carbocycles. The molecule has 0 amide bonds. The van der Waals surface area contributed by atoms with Gasteiger partial charge in [0.1, 0.15) is 0 Å². The van der Waals surface area contributed by atoms with Crippen molar-refractivity contribution in [3.05, 3.63) is 36.2 Å². The molecule has 22 heavy (non-hydrogen) atoms. The summed E-state index contributed by atoms with van der Waals surface area (Å²) in [5, 5.41) is 0. The Morgan fingerprint density at radius 2 is 1.68 bits per heavy atom. The molecule has 0 saturated carbocycles. The van der Waals surface area contributed by atoms with Crippen molar-refractivity contribution in [2.75, 3.05) is 0 Å². The Labute approximate surface area is 124 Å². The number of nitrogens with zero attached hydrogens (tertiary/aromatic N) is 3. The SMILES string of the molecule is Cc1cnc(-c2cnc(OC(C)(C)C(F)(F)F)c(F)c2)cn1. The third-order valence-corrected chi connectivity index (χ3v) is 2.92. The maximum absolute atomic E-state index is 13.9. The Morgan fingerprint density at radius 3 is 2.18 bits per heavy atom. The molecule has 8 heteroatoms. The highest BCUT2D eigenvalue weighted by atomic mass is 19.4. The maximum atomic E-state index is 13.9. The topological polar surface area (TPSA) is 47.9 Å². The summed E-state index contributed by atoms with van der Waals surface area (Å²) < 4.78 is 56.8. The highest BCUT2D eigenvalue weighted by Gasteiger charge is 2.50. The molecule has 0 atom stereocenters. The Kier molecular flexibility index (Phi) is 4.04. The second-order valence-corrected chi connectivity index (χ2v) is 5.16. The summed E-state index contributed by atoms with van der Waals surface area (Å²) in [6.07, 6.45) is -0.553. The normalized spacial score (nSPS) is 12.3. The summed E-state index contributed by atoms with van der Waals surface area (Å²) in [4.78, 5) is 11.7. The molecule has 118 valence electrons. The minimum Gasteiger partial charge on any atom is -0.460 e. The number of hydrogen-bond donors (Lipinski definition) is 0. The molecule has 0 N–H and O–H groups in total. The van der Waals surface area contributed by atoms with E-state index in [2.05, 4.69) is 19.7 Å². The molecule has 0 aliphatic heterocycles. The molecule has 0 aliphatic carbocycles. The number of ether oxygens (including phenoxy) is 1. The number of aromatic nitrogens is 3. The number of alkyl halides is 3. The van der Waals surface area contributed by atoms with Crippen LogP contribution in [0.25, 0.3) is 11.3 Å². The quantitative estimate of drug-likeness (QED) is 0.810. The van der Waals surface area contributed by atoms with E-state index in [0.717, 1.165) is 19.9 Å². The summed E-state index contributed by atoms with van der Waals surface area (Å²) in [7, 11) is 0. The van der Waals surface area contributed by atoms with Gasteiger partial charge in [0.25, 0.3) is 5.88 Å². The smallest absolute Gasteiger partial charge is 0.427 e. The van der Waals surface area contributed by atoms with Gasteiger partial charge in [0, 0.05) is 18.0 Å². The van der Waals surface area contributed by atoms with Crippen LogP contribution in [0.3, 0.4) is 0 Å². The molecule has 0 bridgehead atoms. The van der Waals surface area contributed by atoms with Gasteiger partial charge in [-0.3, -0.25) is 9.97 Å². The first kappa shape index (κ1) is 16.1. The summed E-state index contributed by atoms with van der Waals surface area (Å²) in [5.41, 5.74) is -1.21. The van der Waals surface area contributed by atoms with Crippen LogP contribution in [-0.2, 0) is 0 Å². The van der Waals surface area contributed by atoms with Crippen LogP contribution in [0.2, 0.25) is 0 Å². The van der Waals surface area contributed by atoms with Crippen molar-refractivity contribution >= 4 is 0 Å². The fourth-order valence-electron chi connectivity index (χ4n) is 1.48. The Bertz CT molecular complexity index is 669. The molecule has 0 aliphatic rings. The molecule has 4 nitrogen and oxygen atoms in total. The van der Waals surface area contributed by atoms with Crippen LogP contribution in [0.5, 0.6) is 5.88 Å². The first-order valence-corrected chi connectivity index (χ1v) is 6.30. The predicted molar refractivity (Wildman–Crippen MR) is 70.7 cm³/mol. The van der Waals surface area contributed by atoms with E-state index in [-0.39, 0.29) is 0 Å². The van der Waals surface area contributed by atoms with Crippen molar-refractivity contribution in [2.24, 2.45) is 0 Å². The van der Waals surface area contributed by atoms with Crippen molar-refractivity contribution in [2.45, 2.75) is 32.5 Å². The second kappa shape index (κ2) is 5.51. The van der Waals surface area contributed by atoms with E-state index in [9.17, 15) is 17.6 Å². The lowest BCUT2D eigenvalue weighted by Gasteiger charge is -2.28. The van der Waals surface area contributed by atoms with Crippen LogP contribution in [0.1, 0.15) is 19.5 Å². The van der Waals surface area contributed by atoms with Crippen molar-refractivity contribution in [1.82, 2.24) is 15.0 Å². The van der Waals surface area contributed by atoms with Crippen LogP contribution in [0.15, 0.2) is 24.7 Å². The zero-order valence-corrected chi connectivity index (χ0v) is 12.1. The predicted octanol–water partition coefficient (Wildman–Crippen LogP) is 3.71. The fraction of sp³-hybridized carbons (Fsp3) is 0.357. The largest absolute Gasteiger partial charge is 0.460 e. The van der Waals surface area contributed by atoms with Gasteiger partial charge >= 0.3 is 6.18 Å². The minimum atomic E-state index is -4.65. The molecule has 2 rings (SSSR count). The van der Waals surface area contributed by atoms with Crippen molar-refractivity contribution in [3.8, 4) is 17.1 Å². The van der Waals surface area contributed by atoms with Gasteiger partial charge in [-0.25, -0.2) is 9.37 Å². The van der Waals surface area contributed by atoms with Gasteiger partial charge in [0.15, 0.2) is 11.4 Å². The van der Waals surface area contributed by atoms with Gasteiger partial charge in [0.2, 0.25) is 0 Å². The van der Waals surface area contributed by atoms with Gasteiger partial charge in [-0.05, 0) is 26.8 Å². The molecular formula is C14H13F4N3O. The molecule has 2 aromatic rings. The van der Waals surface area contributed by atoms with Crippen LogP contribution >= 0.6 is 0 Å². The van der Waals surface area contributed by atoms with Gasteiger partial charge in [-0.2, -0.15) is 13.2 Å². The Balaban J connectivity index is 2.29. The Hall–Kier alpha value is -2.25. The number of hydrogen-bond acceptors (Lipinski definition) is 4. The highest BCUT2D eigenvalue weighted by Crippen LogP contribution is 2.34. The second-order valence-electron chi connectivity index (χ2n) is 5.16. The van der Waals surface area contributed by atoms with Gasteiger partial charge in [-0.15, -0.1) is 0 Å². The first-order chi connectivity index (χ1) is 10.1.